The number of aliphatic carboxylic acids is 1. The van der Waals surface area contributed by atoms with Crippen molar-refractivity contribution >= 4 is 21.7 Å². The summed E-state index contributed by atoms with van der Waals surface area (Å²) in [5, 5.41) is 19.9. The number of sulfonamides is 1. The van der Waals surface area contributed by atoms with Crippen LogP contribution in [0.1, 0.15) is 12.8 Å². The van der Waals surface area contributed by atoms with Crippen LogP contribution in [0.4, 0.5) is 5.69 Å². The number of nitro benzene ring substituents is 1. The Labute approximate surface area is 114 Å². The second-order valence-corrected chi connectivity index (χ2v) is 6.20. The Bertz CT molecular complexity index is 657. The van der Waals surface area contributed by atoms with Gasteiger partial charge in [0.25, 0.3) is 15.7 Å². The maximum absolute atomic E-state index is 12.4. The molecule has 9 heteroatoms. The highest BCUT2D eigenvalue weighted by molar-refractivity contribution is 7.89. The second-order valence-electron chi connectivity index (χ2n) is 4.34. The average Bonchev–Trinajstić information content (AvgIpc) is 2.88. The van der Waals surface area contributed by atoms with Crippen molar-refractivity contribution in [2.75, 3.05) is 6.54 Å². The normalized spacial score (nSPS) is 19.9. The molecular formula is C11H12N2O6S. The van der Waals surface area contributed by atoms with E-state index < -0.39 is 37.5 Å². The molecule has 1 N–H and O–H groups in total. The number of nitrogens with zero attached hydrogens (tertiary/aromatic N) is 2. The molecule has 1 atom stereocenters. The number of nitro groups is 1. The highest BCUT2D eigenvalue weighted by Crippen LogP contribution is 2.31. The van der Waals surface area contributed by atoms with Gasteiger partial charge in [0, 0.05) is 12.6 Å². The number of carboxylic acid groups (broad SMARTS) is 1. The first-order valence-electron chi connectivity index (χ1n) is 5.84. The lowest BCUT2D eigenvalue weighted by Crippen LogP contribution is -2.40. The molecule has 0 aliphatic carbocycles. The molecule has 0 radical (unpaired) electrons. The number of benzene rings is 1. The predicted octanol–water partition coefficient (Wildman–Crippen LogP) is 0.832. The van der Waals surface area contributed by atoms with E-state index in [1.165, 1.54) is 12.1 Å². The molecule has 1 aliphatic rings. The fourth-order valence-corrected chi connectivity index (χ4v) is 4.04. The van der Waals surface area contributed by atoms with Crippen LogP contribution in [-0.2, 0) is 14.8 Å². The summed E-state index contributed by atoms with van der Waals surface area (Å²) in [6, 6.07) is 3.75. The zero-order chi connectivity index (χ0) is 14.9. The summed E-state index contributed by atoms with van der Waals surface area (Å²) >= 11 is 0. The van der Waals surface area contributed by atoms with Crippen LogP contribution in [0.15, 0.2) is 29.2 Å². The Hall–Kier alpha value is -2.00. The summed E-state index contributed by atoms with van der Waals surface area (Å²) in [5.41, 5.74) is -0.552. The molecule has 108 valence electrons. The first-order chi connectivity index (χ1) is 9.35. The van der Waals surface area contributed by atoms with Crippen molar-refractivity contribution < 1.29 is 23.2 Å². The lowest BCUT2D eigenvalue weighted by molar-refractivity contribution is -0.387. The SMILES string of the molecule is O=C(O)[C@@H]1CCCN1S(=O)(=O)c1ccccc1[N+](=O)[O-]. The van der Waals surface area contributed by atoms with Gasteiger partial charge in [-0.1, -0.05) is 12.1 Å². The monoisotopic (exact) mass is 300 g/mol. The fraction of sp³-hybridized carbons (Fsp3) is 0.364. The number of hydrogen-bond acceptors (Lipinski definition) is 5. The Morgan fingerprint density at radius 1 is 1.40 bits per heavy atom. The van der Waals surface area contributed by atoms with E-state index in [4.69, 9.17) is 5.11 Å². The first kappa shape index (κ1) is 14.4. The number of hydrogen-bond donors (Lipinski definition) is 1. The smallest absolute Gasteiger partial charge is 0.322 e. The highest BCUT2D eigenvalue weighted by atomic mass is 32.2. The summed E-state index contributed by atoms with van der Waals surface area (Å²) in [6.45, 7) is 0.0470. The standard InChI is InChI=1S/C11H12N2O6S/c14-11(15)9-5-3-7-12(9)20(18,19)10-6-2-1-4-8(10)13(16)17/h1-2,4,6,9H,3,5,7H2,(H,14,15)/t9-/m0/s1. The van der Waals surface area contributed by atoms with E-state index in [0.29, 0.717) is 6.42 Å². The van der Waals surface area contributed by atoms with Crippen LogP contribution in [0.25, 0.3) is 0 Å². The van der Waals surface area contributed by atoms with Gasteiger partial charge in [-0.25, -0.2) is 8.42 Å². The molecule has 20 heavy (non-hydrogen) atoms. The Morgan fingerprint density at radius 3 is 2.65 bits per heavy atom. The number of carboxylic acids is 1. The first-order valence-corrected chi connectivity index (χ1v) is 7.28. The van der Waals surface area contributed by atoms with Crippen molar-refractivity contribution in [2.45, 2.75) is 23.8 Å². The van der Waals surface area contributed by atoms with Crippen LogP contribution >= 0.6 is 0 Å². The van der Waals surface area contributed by atoms with E-state index in [-0.39, 0.29) is 13.0 Å². The van der Waals surface area contributed by atoms with E-state index >= 15 is 0 Å². The van der Waals surface area contributed by atoms with Gasteiger partial charge in [-0.2, -0.15) is 4.31 Å². The van der Waals surface area contributed by atoms with Crippen LogP contribution in [0, 0.1) is 10.1 Å². The zero-order valence-electron chi connectivity index (χ0n) is 10.3. The van der Waals surface area contributed by atoms with Gasteiger partial charge >= 0.3 is 5.97 Å². The minimum Gasteiger partial charge on any atom is -0.480 e. The van der Waals surface area contributed by atoms with Crippen molar-refractivity contribution in [1.29, 1.82) is 0 Å². The third-order valence-corrected chi connectivity index (χ3v) is 5.09. The molecule has 1 aliphatic heterocycles. The van der Waals surface area contributed by atoms with Crippen molar-refractivity contribution in [2.24, 2.45) is 0 Å². The minimum absolute atomic E-state index is 0.0470. The van der Waals surface area contributed by atoms with Gasteiger partial charge in [0.05, 0.1) is 4.92 Å². The van der Waals surface area contributed by atoms with Gasteiger partial charge in [-0.05, 0) is 18.9 Å². The van der Waals surface area contributed by atoms with E-state index in [2.05, 4.69) is 0 Å². The highest BCUT2D eigenvalue weighted by Gasteiger charge is 2.41. The molecule has 0 saturated carbocycles. The summed E-state index contributed by atoms with van der Waals surface area (Å²) in [5.74, 6) is -1.25. The van der Waals surface area contributed by atoms with Gasteiger partial charge in [-0.15, -0.1) is 0 Å². The Kier molecular flexibility index (Phi) is 3.73. The number of rotatable bonds is 4. The number of para-hydroxylation sites is 1. The van der Waals surface area contributed by atoms with Gasteiger partial charge in [0.1, 0.15) is 6.04 Å². The summed E-state index contributed by atoms with van der Waals surface area (Å²) in [7, 11) is -4.20. The van der Waals surface area contributed by atoms with Crippen LogP contribution in [0.2, 0.25) is 0 Å². The molecule has 1 fully saturated rings. The van der Waals surface area contributed by atoms with E-state index in [1.807, 2.05) is 0 Å². The number of carbonyl (C=O) groups is 1. The van der Waals surface area contributed by atoms with Crippen LogP contribution in [-0.4, -0.2) is 41.3 Å². The second kappa shape index (κ2) is 5.17. The largest absolute Gasteiger partial charge is 0.480 e. The van der Waals surface area contributed by atoms with Crippen LogP contribution in [0.5, 0.6) is 0 Å². The fourth-order valence-electron chi connectivity index (χ4n) is 2.23. The van der Waals surface area contributed by atoms with Crippen LogP contribution in [0.3, 0.4) is 0 Å². The lowest BCUT2D eigenvalue weighted by atomic mass is 10.2. The van der Waals surface area contributed by atoms with Crippen LogP contribution < -0.4 is 0 Å². The molecule has 1 heterocycles. The third kappa shape index (κ3) is 2.37. The maximum Gasteiger partial charge on any atom is 0.322 e. The van der Waals surface area contributed by atoms with Crippen molar-refractivity contribution in [3.05, 3.63) is 34.4 Å². The van der Waals surface area contributed by atoms with E-state index in [0.717, 1.165) is 16.4 Å². The van der Waals surface area contributed by atoms with Gasteiger partial charge in [-0.3, -0.25) is 14.9 Å². The van der Waals surface area contributed by atoms with Crippen molar-refractivity contribution in [3.8, 4) is 0 Å². The maximum atomic E-state index is 12.4. The molecule has 1 aromatic rings. The topological polar surface area (TPSA) is 118 Å². The molecule has 1 saturated heterocycles. The molecule has 0 bridgehead atoms. The molecule has 0 spiro atoms. The molecule has 0 amide bonds. The van der Waals surface area contributed by atoms with E-state index in [1.54, 1.807) is 0 Å². The predicted molar refractivity (Wildman–Crippen MR) is 67.6 cm³/mol. The Balaban J connectivity index is 2.51. The van der Waals surface area contributed by atoms with Gasteiger partial charge in [0.2, 0.25) is 0 Å². The van der Waals surface area contributed by atoms with Gasteiger partial charge in [0.15, 0.2) is 4.90 Å². The van der Waals surface area contributed by atoms with E-state index in [9.17, 15) is 23.3 Å². The Morgan fingerprint density at radius 2 is 2.05 bits per heavy atom. The summed E-state index contributed by atoms with van der Waals surface area (Å²) in [6.07, 6.45) is 0.617. The summed E-state index contributed by atoms with van der Waals surface area (Å²) < 4.78 is 25.7. The van der Waals surface area contributed by atoms with Gasteiger partial charge < -0.3 is 5.11 Å². The molecule has 1 aromatic carbocycles. The molecule has 2 rings (SSSR count). The molecule has 0 aromatic heterocycles. The zero-order valence-corrected chi connectivity index (χ0v) is 11.1. The molecule has 0 unspecified atom stereocenters. The quantitative estimate of drug-likeness (QED) is 0.650. The lowest BCUT2D eigenvalue weighted by Gasteiger charge is -2.20. The summed E-state index contributed by atoms with van der Waals surface area (Å²) in [4.78, 5) is 20.7. The molecule has 8 nitrogen and oxygen atoms in total. The third-order valence-electron chi connectivity index (χ3n) is 3.14. The average molecular weight is 300 g/mol. The molecular weight excluding hydrogens is 288 g/mol. The van der Waals surface area contributed by atoms with Crippen molar-refractivity contribution in [1.82, 2.24) is 4.31 Å². The minimum atomic E-state index is -4.20. The van der Waals surface area contributed by atoms with Crippen molar-refractivity contribution in [3.63, 3.8) is 0 Å².